The lowest BCUT2D eigenvalue weighted by Gasteiger charge is -1.97. The van der Waals surface area contributed by atoms with Crippen LogP contribution in [0.1, 0.15) is 0 Å². The van der Waals surface area contributed by atoms with Gasteiger partial charge in [-0.05, 0) is 48.0 Å². The number of anilines is 1. The normalized spacial score (nSPS) is 10.9. The second-order valence-electron chi connectivity index (χ2n) is 4.16. The SMILES string of the molecule is Nc1ccc(F)c2[nH]c(-c3ccc(O)cc3)cc12. The molecule has 0 saturated heterocycles. The van der Waals surface area contributed by atoms with Crippen LogP contribution < -0.4 is 5.73 Å². The molecule has 0 aliphatic heterocycles. The Morgan fingerprint density at radius 1 is 1.06 bits per heavy atom. The molecule has 0 atom stereocenters. The molecule has 1 heterocycles. The standard InChI is InChI=1S/C14H11FN2O/c15-11-5-6-12(16)10-7-13(17-14(10)11)8-1-3-9(18)4-2-8/h1-7,17-18H,16H2. The molecule has 0 amide bonds. The molecule has 4 heteroatoms. The van der Waals surface area contributed by atoms with Crippen LogP contribution in [-0.2, 0) is 0 Å². The summed E-state index contributed by atoms with van der Waals surface area (Å²) in [6.07, 6.45) is 0. The first-order valence-corrected chi connectivity index (χ1v) is 5.51. The molecule has 0 fully saturated rings. The third-order valence-corrected chi connectivity index (χ3v) is 2.96. The lowest BCUT2D eigenvalue weighted by molar-refractivity contribution is 0.475. The molecule has 0 aliphatic carbocycles. The van der Waals surface area contributed by atoms with Crippen molar-refractivity contribution in [3.8, 4) is 17.0 Å². The van der Waals surface area contributed by atoms with E-state index in [1.54, 1.807) is 36.4 Å². The number of benzene rings is 2. The van der Waals surface area contributed by atoms with Crippen molar-refractivity contribution in [3.05, 3.63) is 48.3 Å². The minimum Gasteiger partial charge on any atom is -0.508 e. The molecule has 4 N–H and O–H groups in total. The van der Waals surface area contributed by atoms with Crippen LogP contribution in [0.4, 0.5) is 10.1 Å². The van der Waals surface area contributed by atoms with Crippen LogP contribution in [0.15, 0.2) is 42.5 Å². The maximum atomic E-state index is 13.6. The number of aromatic hydroxyl groups is 1. The minimum atomic E-state index is -0.329. The number of fused-ring (bicyclic) bond motifs is 1. The molecule has 18 heavy (non-hydrogen) atoms. The van der Waals surface area contributed by atoms with Crippen molar-refractivity contribution >= 4 is 16.6 Å². The Bertz CT molecular complexity index is 677. The van der Waals surface area contributed by atoms with E-state index in [9.17, 15) is 9.50 Å². The second kappa shape index (κ2) is 3.77. The van der Waals surface area contributed by atoms with Gasteiger partial charge in [-0.3, -0.25) is 0 Å². The van der Waals surface area contributed by atoms with E-state index in [2.05, 4.69) is 4.98 Å². The Hall–Kier alpha value is -2.49. The van der Waals surface area contributed by atoms with Crippen molar-refractivity contribution in [2.75, 3.05) is 5.73 Å². The summed E-state index contributed by atoms with van der Waals surface area (Å²) in [5.74, 6) is -0.134. The van der Waals surface area contributed by atoms with Crippen LogP contribution in [0.25, 0.3) is 22.2 Å². The number of aromatic amines is 1. The zero-order chi connectivity index (χ0) is 12.7. The molecule has 2 aromatic carbocycles. The average Bonchev–Trinajstić information content (AvgIpc) is 2.81. The summed E-state index contributed by atoms with van der Waals surface area (Å²) in [4.78, 5) is 3.00. The predicted octanol–water partition coefficient (Wildman–Crippen LogP) is 3.26. The van der Waals surface area contributed by atoms with Gasteiger partial charge in [0.2, 0.25) is 0 Å². The predicted molar refractivity (Wildman–Crippen MR) is 69.8 cm³/mol. The van der Waals surface area contributed by atoms with Crippen LogP contribution in [0, 0.1) is 5.82 Å². The fourth-order valence-electron chi connectivity index (χ4n) is 2.00. The summed E-state index contributed by atoms with van der Waals surface area (Å²) >= 11 is 0. The molecule has 3 nitrogen and oxygen atoms in total. The summed E-state index contributed by atoms with van der Waals surface area (Å²) in [6.45, 7) is 0. The number of nitrogens with two attached hydrogens (primary N) is 1. The molecular weight excluding hydrogens is 231 g/mol. The molecule has 0 unspecified atom stereocenters. The number of halogens is 1. The molecule has 1 aromatic heterocycles. The van der Waals surface area contributed by atoms with Crippen molar-refractivity contribution < 1.29 is 9.50 Å². The van der Waals surface area contributed by atoms with Gasteiger partial charge in [0, 0.05) is 16.8 Å². The maximum absolute atomic E-state index is 13.6. The van der Waals surface area contributed by atoms with Crippen LogP contribution in [0.2, 0.25) is 0 Å². The monoisotopic (exact) mass is 242 g/mol. The number of hydrogen-bond acceptors (Lipinski definition) is 2. The molecule has 90 valence electrons. The Morgan fingerprint density at radius 2 is 1.78 bits per heavy atom. The highest BCUT2D eigenvalue weighted by Crippen LogP contribution is 2.30. The third-order valence-electron chi connectivity index (χ3n) is 2.96. The van der Waals surface area contributed by atoms with E-state index in [1.807, 2.05) is 0 Å². The smallest absolute Gasteiger partial charge is 0.147 e. The molecule has 3 rings (SSSR count). The van der Waals surface area contributed by atoms with E-state index in [-0.39, 0.29) is 11.6 Å². The molecule has 0 aliphatic rings. The Morgan fingerprint density at radius 3 is 2.44 bits per heavy atom. The zero-order valence-electron chi connectivity index (χ0n) is 9.44. The average molecular weight is 242 g/mol. The minimum absolute atomic E-state index is 0.195. The molecular formula is C14H11FN2O. The van der Waals surface area contributed by atoms with Gasteiger partial charge in [0.05, 0.1) is 5.52 Å². The number of H-pyrrole nitrogens is 1. The first-order chi connectivity index (χ1) is 8.65. The highest BCUT2D eigenvalue weighted by Gasteiger charge is 2.09. The summed E-state index contributed by atoms with van der Waals surface area (Å²) in [5.41, 5.74) is 8.38. The lowest BCUT2D eigenvalue weighted by atomic mass is 10.1. The summed E-state index contributed by atoms with van der Waals surface area (Å²) in [6, 6.07) is 11.4. The van der Waals surface area contributed by atoms with Gasteiger partial charge in [-0.15, -0.1) is 0 Å². The van der Waals surface area contributed by atoms with Gasteiger partial charge in [0.25, 0.3) is 0 Å². The summed E-state index contributed by atoms with van der Waals surface area (Å²) in [5, 5.41) is 9.91. The zero-order valence-corrected chi connectivity index (χ0v) is 9.44. The number of hydrogen-bond donors (Lipinski definition) is 3. The number of rotatable bonds is 1. The molecule has 0 spiro atoms. The Labute approximate surface area is 103 Å². The highest BCUT2D eigenvalue weighted by molar-refractivity contribution is 5.95. The van der Waals surface area contributed by atoms with Crippen LogP contribution in [-0.4, -0.2) is 10.1 Å². The fraction of sp³-hybridized carbons (Fsp3) is 0. The number of nitrogens with one attached hydrogen (secondary N) is 1. The Balaban J connectivity index is 2.22. The van der Waals surface area contributed by atoms with Crippen molar-refractivity contribution in [2.24, 2.45) is 0 Å². The molecule has 0 radical (unpaired) electrons. The molecule has 0 saturated carbocycles. The van der Waals surface area contributed by atoms with Crippen molar-refractivity contribution in [3.63, 3.8) is 0 Å². The van der Waals surface area contributed by atoms with E-state index in [0.29, 0.717) is 16.6 Å². The largest absolute Gasteiger partial charge is 0.508 e. The quantitative estimate of drug-likeness (QED) is 0.573. The van der Waals surface area contributed by atoms with Crippen molar-refractivity contribution in [1.29, 1.82) is 0 Å². The van der Waals surface area contributed by atoms with E-state index in [0.717, 1.165) is 11.3 Å². The van der Waals surface area contributed by atoms with Crippen LogP contribution >= 0.6 is 0 Å². The van der Waals surface area contributed by atoms with Crippen LogP contribution in [0.3, 0.4) is 0 Å². The van der Waals surface area contributed by atoms with Crippen molar-refractivity contribution in [1.82, 2.24) is 4.98 Å². The second-order valence-corrected chi connectivity index (χ2v) is 4.16. The topological polar surface area (TPSA) is 62.0 Å². The van der Waals surface area contributed by atoms with E-state index in [4.69, 9.17) is 5.73 Å². The number of aromatic nitrogens is 1. The van der Waals surface area contributed by atoms with Crippen molar-refractivity contribution in [2.45, 2.75) is 0 Å². The van der Waals surface area contributed by atoms with Gasteiger partial charge in [0.15, 0.2) is 0 Å². The first-order valence-electron chi connectivity index (χ1n) is 5.51. The van der Waals surface area contributed by atoms with E-state index < -0.39 is 0 Å². The summed E-state index contributed by atoms with van der Waals surface area (Å²) in [7, 11) is 0. The fourth-order valence-corrected chi connectivity index (χ4v) is 2.00. The third kappa shape index (κ3) is 1.59. The number of nitrogen functional groups attached to an aromatic ring is 1. The Kier molecular flexibility index (Phi) is 2.23. The first kappa shape index (κ1) is 10.7. The van der Waals surface area contributed by atoms with Gasteiger partial charge in [-0.2, -0.15) is 0 Å². The van der Waals surface area contributed by atoms with Gasteiger partial charge in [0.1, 0.15) is 11.6 Å². The highest BCUT2D eigenvalue weighted by atomic mass is 19.1. The van der Waals surface area contributed by atoms with Gasteiger partial charge >= 0.3 is 0 Å². The van der Waals surface area contributed by atoms with Gasteiger partial charge in [-0.25, -0.2) is 4.39 Å². The summed E-state index contributed by atoms with van der Waals surface area (Å²) < 4.78 is 13.6. The number of phenols is 1. The van der Waals surface area contributed by atoms with Crippen LogP contribution in [0.5, 0.6) is 5.75 Å². The lowest BCUT2D eigenvalue weighted by Crippen LogP contribution is -1.86. The van der Waals surface area contributed by atoms with E-state index >= 15 is 0 Å². The number of phenolic OH excluding ortho intramolecular Hbond substituents is 1. The maximum Gasteiger partial charge on any atom is 0.147 e. The molecule has 0 bridgehead atoms. The van der Waals surface area contributed by atoms with Gasteiger partial charge in [-0.1, -0.05) is 0 Å². The van der Waals surface area contributed by atoms with Gasteiger partial charge < -0.3 is 15.8 Å². The molecule has 3 aromatic rings. The van der Waals surface area contributed by atoms with E-state index in [1.165, 1.54) is 6.07 Å².